The standard InChI is InChI=1S/C18H14FN5O2/c1-26-13-8-2-10(3-9-13)17-21-16-14(15(20)22-23-16)18(25)24(17)12-6-4-11(19)5-7-12/h2-9H,1H3,(H3,20,22,23). The summed E-state index contributed by atoms with van der Waals surface area (Å²) in [5, 5.41) is 6.72. The molecular formula is C18H14FN5O2. The van der Waals surface area contributed by atoms with Crippen LogP contribution in [-0.4, -0.2) is 26.9 Å². The summed E-state index contributed by atoms with van der Waals surface area (Å²) >= 11 is 0. The third-order valence-corrected chi connectivity index (χ3v) is 4.05. The van der Waals surface area contributed by atoms with Crippen LogP contribution in [0.4, 0.5) is 10.2 Å². The largest absolute Gasteiger partial charge is 0.497 e. The molecule has 2 heterocycles. The SMILES string of the molecule is COc1ccc(-c2nc3[nH]nc(N)c3c(=O)n2-c2ccc(F)cc2)cc1. The Morgan fingerprint density at radius 3 is 2.46 bits per heavy atom. The van der Waals surface area contributed by atoms with Gasteiger partial charge in [0, 0.05) is 5.56 Å². The van der Waals surface area contributed by atoms with Crippen LogP contribution >= 0.6 is 0 Å². The fourth-order valence-corrected chi connectivity index (χ4v) is 2.77. The molecule has 0 amide bonds. The van der Waals surface area contributed by atoms with Gasteiger partial charge >= 0.3 is 0 Å². The van der Waals surface area contributed by atoms with E-state index in [-0.39, 0.29) is 16.9 Å². The van der Waals surface area contributed by atoms with E-state index in [9.17, 15) is 9.18 Å². The van der Waals surface area contributed by atoms with Crippen LogP contribution in [0.2, 0.25) is 0 Å². The summed E-state index contributed by atoms with van der Waals surface area (Å²) in [6, 6.07) is 12.7. The van der Waals surface area contributed by atoms with Crippen LogP contribution in [0.25, 0.3) is 28.1 Å². The Bertz CT molecular complexity index is 1150. The van der Waals surface area contributed by atoms with E-state index in [1.54, 1.807) is 31.4 Å². The van der Waals surface area contributed by atoms with Gasteiger partial charge in [-0.2, -0.15) is 5.10 Å². The number of anilines is 1. The lowest BCUT2D eigenvalue weighted by Gasteiger charge is -2.13. The molecule has 130 valence electrons. The number of nitrogen functional groups attached to an aromatic ring is 1. The summed E-state index contributed by atoms with van der Waals surface area (Å²) in [4.78, 5) is 17.6. The van der Waals surface area contributed by atoms with Crippen LogP contribution in [0.5, 0.6) is 5.75 Å². The lowest BCUT2D eigenvalue weighted by molar-refractivity contribution is 0.415. The second kappa shape index (κ2) is 5.99. The quantitative estimate of drug-likeness (QED) is 0.591. The van der Waals surface area contributed by atoms with Crippen LogP contribution in [0.15, 0.2) is 53.3 Å². The number of rotatable bonds is 3. The maximum Gasteiger partial charge on any atom is 0.271 e. The van der Waals surface area contributed by atoms with Crippen LogP contribution < -0.4 is 16.0 Å². The van der Waals surface area contributed by atoms with Crippen molar-refractivity contribution < 1.29 is 9.13 Å². The topological polar surface area (TPSA) is 98.8 Å². The minimum absolute atomic E-state index is 0.0645. The molecule has 7 nitrogen and oxygen atoms in total. The van der Waals surface area contributed by atoms with E-state index in [1.807, 2.05) is 0 Å². The predicted octanol–water partition coefficient (Wildman–Crippen LogP) is 2.51. The van der Waals surface area contributed by atoms with Gasteiger partial charge in [-0.05, 0) is 48.5 Å². The molecule has 4 aromatic rings. The highest BCUT2D eigenvalue weighted by molar-refractivity contribution is 5.86. The minimum Gasteiger partial charge on any atom is -0.497 e. The fourth-order valence-electron chi connectivity index (χ4n) is 2.77. The van der Waals surface area contributed by atoms with E-state index in [0.717, 1.165) is 0 Å². The molecule has 2 aromatic heterocycles. The molecule has 0 unspecified atom stereocenters. The zero-order valence-electron chi connectivity index (χ0n) is 13.7. The van der Waals surface area contributed by atoms with Crippen LogP contribution in [0, 0.1) is 5.82 Å². The summed E-state index contributed by atoms with van der Waals surface area (Å²) in [6.45, 7) is 0. The number of H-pyrrole nitrogens is 1. The number of hydrogen-bond donors (Lipinski definition) is 2. The van der Waals surface area contributed by atoms with Crippen LogP contribution in [0.1, 0.15) is 0 Å². The van der Waals surface area contributed by atoms with E-state index in [2.05, 4.69) is 15.2 Å². The molecule has 26 heavy (non-hydrogen) atoms. The third kappa shape index (κ3) is 2.48. The van der Waals surface area contributed by atoms with Gasteiger partial charge in [0.1, 0.15) is 22.8 Å². The molecule has 0 spiro atoms. The lowest BCUT2D eigenvalue weighted by atomic mass is 10.1. The Balaban J connectivity index is 2.05. The maximum atomic E-state index is 13.3. The zero-order chi connectivity index (χ0) is 18.3. The minimum atomic E-state index is -0.398. The number of hydrogen-bond acceptors (Lipinski definition) is 5. The molecule has 0 saturated carbocycles. The number of aromatic nitrogens is 4. The van der Waals surface area contributed by atoms with Crippen molar-refractivity contribution in [1.29, 1.82) is 0 Å². The number of ether oxygens (including phenoxy) is 1. The molecule has 3 N–H and O–H groups in total. The highest BCUT2D eigenvalue weighted by Crippen LogP contribution is 2.25. The summed E-state index contributed by atoms with van der Waals surface area (Å²) in [7, 11) is 1.57. The Labute approximate surface area is 146 Å². The van der Waals surface area contributed by atoms with E-state index < -0.39 is 11.4 Å². The van der Waals surface area contributed by atoms with Gasteiger partial charge in [0.05, 0.1) is 12.8 Å². The monoisotopic (exact) mass is 351 g/mol. The Morgan fingerprint density at radius 1 is 1.12 bits per heavy atom. The lowest BCUT2D eigenvalue weighted by Crippen LogP contribution is -2.22. The maximum absolute atomic E-state index is 13.3. The van der Waals surface area contributed by atoms with E-state index in [4.69, 9.17) is 10.5 Å². The molecule has 4 rings (SSSR count). The average Bonchev–Trinajstić information content (AvgIpc) is 3.04. The van der Waals surface area contributed by atoms with Crippen molar-refractivity contribution >= 4 is 16.9 Å². The van der Waals surface area contributed by atoms with Crippen molar-refractivity contribution in [2.24, 2.45) is 0 Å². The van der Waals surface area contributed by atoms with E-state index >= 15 is 0 Å². The molecule has 8 heteroatoms. The summed E-state index contributed by atoms with van der Waals surface area (Å²) < 4.78 is 19.9. The summed E-state index contributed by atoms with van der Waals surface area (Å²) in [5.74, 6) is 0.719. The normalized spacial score (nSPS) is 11.0. The van der Waals surface area contributed by atoms with E-state index in [1.165, 1.54) is 28.8 Å². The first kappa shape index (κ1) is 15.8. The van der Waals surface area contributed by atoms with Gasteiger partial charge in [-0.15, -0.1) is 0 Å². The molecule has 0 aliphatic rings. The molecule has 0 bridgehead atoms. The first-order valence-corrected chi connectivity index (χ1v) is 7.75. The van der Waals surface area contributed by atoms with Crippen molar-refractivity contribution in [2.75, 3.05) is 12.8 Å². The van der Waals surface area contributed by atoms with Crippen LogP contribution in [0.3, 0.4) is 0 Å². The number of nitrogens with zero attached hydrogens (tertiary/aromatic N) is 3. The van der Waals surface area contributed by atoms with Crippen molar-refractivity contribution in [3.8, 4) is 22.8 Å². The fraction of sp³-hybridized carbons (Fsp3) is 0.0556. The Kier molecular flexibility index (Phi) is 3.65. The van der Waals surface area contributed by atoms with Gasteiger partial charge in [-0.1, -0.05) is 0 Å². The highest BCUT2D eigenvalue weighted by atomic mass is 19.1. The first-order valence-electron chi connectivity index (χ1n) is 7.75. The number of benzene rings is 2. The highest BCUT2D eigenvalue weighted by Gasteiger charge is 2.18. The molecule has 2 aromatic carbocycles. The Hall–Kier alpha value is -3.68. The number of aromatic amines is 1. The predicted molar refractivity (Wildman–Crippen MR) is 95.8 cm³/mol. The molecule has 0 atom stereocenters. The third-order valence-electron chi connectivity index (χ3n) is 4.05. The van der Waals surface area contributed by atoms with Gasteiger partial charge in [-0.25, -0.2) is 9.37 Å². The van der Waals surface area contributed by atoms with Gasteiger partial charge in [0.2, 0.25) is 0 Å². The van der Waals surface area contributed by atoms with Gasteiger partial charge in [-0.3, -0.25) is 14.5 Å². The van der Waals surface area contributed by atoms with Crippen molar-refractivity contribution in [3.63, 3.8) is 0 Å². The zero-order valence-corrected chi connectivity index (χ0v) is 13.7. The number of fused-ring (bicyclic) bond motifs is 1. The van der Waals surface area contributed by atoms with Crippen molar-refractivity contribution in [3.05, 3.63) is 64.7 Å². The molecular weight excluding hydrogens is 337 g/mol. The Morgan fingerprint density at radius 2 is 1.81 bits per heavy atom. The molecule has 0 radical (unpaired) electrons. The molecule has 0 fully saturated rings. The van der Waals surface area contributed by atoms with E-state index in [0.29, 0.717) is 22.8 Å². The van der Waals surface area contributed by atoms with Crippen molar-refractivity contribution in [1.82, 2.24) is 19.7 Å². The number of nitrogens with two attached hydrogens (primary N) is 1. The van der Waals surface area contributed by atoms with Gasteiger partial charge in [0.15, 0.2) is 11.5 Å². The first-order chi connectivity index (χ1) is 12.6. The van der Waals surface area contributed by atoms with Crippen LogP contribution in [-0.2, 0) is 0 Å². The molecule has 0 aliphatic carbocycles. The number of nitrogens with one attached hydrogen (secondary N) is 1. The average molecular weight is 351 g/mol. The summed E-state index contributed by atoms with van der Waals surface area (Å²) in [6.07, 6.45) is 0. The molecule has 0 saturated heterocycles. The summed E-state index contributed by atoms with van der Waals surface area (Å²) in [5.41, 5.74) is 6.85. The second-order valence-electron chi connectivity index (χ2n) is 5.61. The smallest absolute Gasteiger partial charge is 0.271 e. The second-order valence-corrected chi connectivity index (χ2v) is 5.61. The van der Waals surface area contributed by atoms with Crippen molar-refractivity contribution in [2.45, 2.75) is 0 Å². The number of methoxy groups -OCH3 is 1. The van der Waals surface area contributed by atoms with Gasteiger partial charge in [0.25, 0.3) is 5.56 Å². The number of halogens is 1. The molecule has 0 aliphatic heterocycles. The van der Waals surface area contributed by atoms with Gasteiger partial charge < -0.3 is 10.5 Å².